The Kier molecular flexibility index (Phi) is 4.98. The molecule has 108 valence electrons. The Morgan fingerprint density at radius 2 is 2.16 bits per heavy atom. The van der Waals surface area contributed by atoms with Crippen molar-refractivity contribution in [3.05, 3.63) is 16.1 Å². The third-order valence-corrected chi connectivity index (χ3v) is 4.31. The molecule has 0 atom stereocenters. The molecule has 0 spiro atoms. The summed E-state index contributed by atoms with van der Waals surface area (Å²) in [4.78, 5) is 7.26. The maximum Gasteiger partial charge on any atom is 0.107 e. The van der Waals surface area contributed by atoms with Gasteiger partial charge in [0, 0.05) is 30.6 Å². The standard InChI is InChI=1S/C15H27N3S/c1-5-18(9-12-6-7-12)10-13-11-19-14(17-13)8-16-15(2,3)4/h11-12,16H,5-10H2,1-4H3. The van der Waals surface area contributed by atoms with Gasteiger partial charge in [0.1, 0.15) is 5.01 Å². The molecule has 0 unspecified atom stereocenters. The van der Waals surface area contributed by atoms with Gasteiger partial charge in [-0.05, 0) is 46.1 Å². The Morgan fingerprint density at radius 1 is 1.42 bits per heavy atom. The minimum Gasteiger partial charge on any atom is -0.306 e. The third kappa shape index (κ3) is 5.59. The van der Waals surface area contributed by atoms with E-state index in [1.807, 2.05) is 0 Å². The lowest BCUT2D eigenvalue weighted by atomic mass is 10.1. The monoisotopic (exact) mass is 281 g/mol. The molecule has 0 aromatic carbocycles. The SMILES string of the molecule is CCN(Cc1csc(CNC(C)(C)C)n1)CC1CC1. The number of hydrogen-bond donors (Lipinski definition) is 1. The van der Waals surface area contributed by atoms with Crippen LogP contribution in [0.25, 0.3) is 0 Å². The van der Waals surface area contributed by atoms with E-state index in [4.69, 9.17) is 4.98 Å². The zero-order valence-electron chi connectivity index (χ0n) is 12.7. The first-order valence-electron chi connectivity index (χ1n) is 7.37. The highest BCUT2D eigenvalue weighted by Crippen LogP contribution is 2.30. The lowest BCUT2D eigenvalue weighted by molar-refractivity contribution is 0.265. The Balaban J connectivity index is 1.81. The molecule has 1 aliphatic carbocycles. The molecule has 0 saturated heterocycles. The molecule has 1 aromatic heterocycles. The molecular formula is C15H27N3S. The summed E-state index contributed by atoms with van der Waals surface area (Å²) in [6, 6.07) is 0. The Morgan fingerprint density at radius 3 is 2.74 bits per heavy atom. The van der Waals surface area contributed by atoms with Crippen molar-refractivity contribution in [1.82, 2.24) is 15.2 Å². The summed E-state index contributed by atoms with van der Waals surface area (Å²) in [5, 5.41) is 6.91. The highest BCUT2D eigenvalue weighted by Gasteiger charge is 2.23. The normalized spacial score (nSPS) is 16.3. The van der Waals surface area contributed by atoms with E-state index in [1.165, 1.54) is 30.1 Å². The molecule has 0 bridgehead atoms. The van der Waals surface area contributed by atoms with Crippen LogP contribution in [0.5, 0.6) is 0 Å². The van der Waals surface area contributed by atoms with E-state index in [0.29, 0.717) is 0 Å². The van der Waals surface area contributed by atoms with Gasteiger partial charge in [0.05, 0.1) is 5.69 Å². The molecule has 0 amide bonds. The average Bonchev–Trinajstić information content (AvgIpc) is 3.03. The van der Waals surface area contributed by atoms with Crippen molar-refractivity contribution < 1.29 is 0 Å². The molecule has 19 heavy (non-hydrogen) atoms. The molecular weight excluding hydrogens is 254 g/mol. The molecule has 2 rings (SSSR count). The van der Waals surface area contributed by atoms with E-state index in [9.17, 15) is 0 Å². The fourth-order valence-electron chi connectivity index (χ4n) is 2.04. The smallest absolute Gasteiger partial charge is 0.107 e. The molecule has 1 N–H and O–H groups in total. The minimum atomic E-state index is 0.160. The number of aromatic nitrogens is 1. The van der Waals surface area contributed by atoms with Gasteiger partial charge in [0.15, 0.2) is 0 Å². The Bertz CT molecular complexity index is 390. The summed E-state index contributed by atoms with van der Waals surface area (Å²) in [5.41, 5.74) is 1.39. The first-order valence-corrected chi connectivity index (χ1v) is 8.25. The zero-order valence-corrected chi connectivity index (χ0v) is 13.5. The van der Waals surface area contributed by atoms with E-state index >= 15 is 0 Å². The van der Waals surface area contributed by atoms with Gasteiger partial charge in [0.25, 0.3) is 0 Å². The second-order valence-electron chi connectivity index (χ2n) is 6.61. The Labute approximate surface area is 121 Å². The third-order valence-electron chi connectivity index (χ3n) is 3.42. The quantitative estimate of drug-likeness (QED) is 0.831. The second-order valence-corrected chi connectivity index (χ2v) is 7.55. The van der Waals surface area contributed by atoms with Crippen molar-refractivity contribution >= 4 is 11.3 Å². The molecule has 0 aliphatic heterocycles. The predicted molar refractivity (Wildman–Crippen MR) is 82.4 cm³/mol. The van der Waals surface area contributed by atoms with Gasteiger partial charge in [-0.1, -0.05) is 6.92 Å². The van der Waals surface area contributed by atoms with E-state index in [1.54, 1.807) is 11.3 Å². The summed E-state index contributed by atoms with van der Waals surface area (Å²) in [5.74, 6) is 0.959. The van der Waals surface area contributed by atoms with Gasteiger partial charge in [-0.2, -0.15) is 0 Å². The molecule has 4 heteroatoms. The van der Waals surface area contributed by atoms with E-state index < -0.39 is 0 Å². The van der Waals surface area contributed by atoms with Crippen LogP contribution < -0.4 is 5.32 Å². The second kappa shape index (κ2) is 6.33. The van der Waals surface area contributed by atoms with Gasteiger partial charge < -0.3 is 5.32 Å². The topological polar surface area (TPSA) is 28.2 Å². The van der Waals surface area contributed by atoms with E-state index in [2.05, 4.69) is 43.3 Å². The summed E-state index contributed by atoms with van der Waals surface area (Å²) in [6.45, 7) is 13.1. The maximum atomic E-state index is 4.74. The molecule has 1 aliphatic rings. The van der Waals surface area contributed by atoms with Crippen LogP contribution in [0.15, 0.2) is 5.38 Å². The van der Waals surface area contributed by atoms with Crippen LogP contribution in [0.3, 0.4) is 0 Å². The van der Waals surface area contributed by atoms with Gasteiger partial charge >= 0.3 is 0 Å². The summed E-state index contributed by atoms with van der Waals surface area (Å²) in [6.07, 6.45) is 2.85. The van der Waals surface area contributed by atoms with Crippen molar-refractivity contribution in [2.45, 2.75) is 59.2 Å². The fourth-order valence-corrected chi connectivity index (χ4v) is 2.77. The van der Waals surface area contributed by atoms with Gasteiger partial charge in [-0.3, -0.25) is 4.90 Å². The molecule has 1 fully saturated rings. The number of hydrogen-bond acceptors (Lipinski definition) is 4. The maximum absolute atomic E-state index is 4.74. The molecule has 1 saturated carbocycles. The largest absolute Gasteiger partial charge is 0.306 e. The molecule has 0 radical (unpaired) electrons. The Hall–Kier alpha value is -0.450. The van der Waals surface area contributed by atoms with Crippen LogP contribution in [-0.4, -0.2) is 28.5 Å². The van der Waals surface area contributed by atoms with Crippen LogP contribution in [0, 0.1) is 5.92 Å². The highest BCUT2D eigenvalue weighted by atomic mass is 32.1. The van der Waals surface area contributed by atoms with Crippen molar-refractivity contribution in [2.24, 2.45) is 5.92 Å². The minimum absolute atomic E-state index is 0.160. The van der Waals surface area contributed by atoms with Crippen LogP contribution >= 0.6 is 11.3 Å². The van der Waals surface area contributed by atoms with Crippen molar-refractivity contribution in [3.8, 4) is 0 Å². The van der Waals surface area contributed by atoms with Crippen LogP contribution in [-0.2, 0) is 13.1 Å². The number of rotatable bonds is 7. The summed E-state index contributed by atoms with van der Waals surface area (Å²) >= 11 is 1.78. The number of nitrogens with one attached hydrogen (secondary N) is 1. The average molecular weight is 281 g/mol. The van der Waals surface area contributed by atoms with Gasteiger partial charge in [-0.25, -0.2) is 4.98 Å². The lowest BCUT2D eigenvalue weighted by Gasteiger charge is -2.19. The van der Waals surface area contributed by atoms with Crippen molar-refractivity contribution in [3.63, 3.8) is 0 Å². The van der Waals surface area contributed by atoms with E-state index in [-0.39, 0.29) is 5.54 Å². The van der Waals surface area contributed by atoms with Crippen LogP contribution in [0.4, 0.5) is 0 Å². The molecule has 1 aromatic rings. The highest BCUT2D eigenvalue weighted by molar-refractivity contribution is 7.09. The lowest BCUT2D eigenvalue weighted by Crippen LogP contribution is -2.35. The van der Waals surface area contributed by atoms with Gasteiger partial charge in [-0.15, -0.1) is 11.3 Å². The molecule has 3 nitrogen and oxygen atoms in total. The molecule has 1 heterocycles. The van der Waals surface area contributed by atoms with Crippen molar-refractivity contribution in [1.29, 1.82) is 0 Å². The summed E-state index contributed by atoms with van der Waals surface area (Å²) < 4.78 is 0. The zero-order chi connectivity index (χ0) is 13.9. The first-order chi connectivity index (χ1) is 8.96. The predicted octanol–water partition coefficient (Wildman–Crippen LogP) is 3.26. The van der Waals surface area contributed by atoms with Gasteiger partial charge in [0.2, 0.25) is 0 Å². The number of thiazole rings is 1. The van der Waals surface area contributed by atoms with E-state index in [0.717, 1.165) is 25.6 Å². The summed E-state index contributed by atoms with van der Waals surface area (Å²) in [7, 11) is 0. The van der Waals surface area contributed by atoms with Crippen molar-refractivity contribution in [2.75, 3.05) is 13.1 Å². The van der Waals surface area contributed by atoms with Crippen LogP contribution in [0.1, 0.15) is 51.2 Å². The first kappa shape index (κ1) is 14.9. The number of nitrogens with zero attached hydrogens (tertiary/aromatic N) is 2. The van der Waals surface area contributed by atoms with Crippen LogP contribution in [0.2, 0.25) is 0 Å². The fraction of sp³-hybridized carbons (Fsp3) is 0.800.